The van der Waals surface area contributed by atoms with Crippen LogP contribution >= 0.6 is 0 Å². The summed E-state index contributed by atoms with van der Waals surface area (Å²) in [5.41, 5.74) is 1.79. The van der Waals surface area contributed by atoms with Gasteiger partial charge in [-0.3, -0.25) is 9.69 Å². The van der Waals surface area contributed by atoms with Crippen LogP contribution in [0.3, 0.4) is 0 Å². The summed E-state index contributed by atoms with van der Waals surface area (Å²) in [6.07, 6.45) is -4.67. The van der Waals surface area contributed by atoms with E-state index in [1.165, 1.54) is 0 Å². The van der Waals surface area contributed by atoms with Gasteiger partial charge in [-0.05, 0) is 50.3 Å². The van der Waals surface area contributed by atoms with Crippen LogP contribution in [-0.4, -0.2) is 60.3 Å². The molecule has 1 amide bonds. The van der Waals surface area contributed by atoms with Crippen LogP contribution in [0.4, 0.5) is 13.2 Å². The van der Waals surface area contributed by atoms with Crippen molar-refractivity contribution in [2.24, 2.45) is 11.3 Å². The van der Waals surface area contributed by atoms with Gasteiger partial charge in [-0.15, -0.1) is 0 Å². The summed E-state index contributed by atoms with van der Waals surface area (Å²) in [5.74, 6) is -1.31. The van der Waals surface area contributed by atoms with Crippen LogP contribution in [0.25, 0.3) is 0 Å². The predicted molar refractivity (Wildman–Crippen MR) is 136 cm³/mol. The van der Waals surface area contributed by atoms with E-state index in [9.17, 15) is 22.8 Å². The van der Waals surface area contributed by atoms with Crippen LogP contribution in [0.1, 0.15) is 54.6 Å². The monoisotopic (exact) mass is 532 g/mol. The van der Waals surface area contributed by atoms with Gasteiger partial charge in [-0.2, -0.15) is 13.2 Å². The van der Waals surface area contributed by atoms with Crippen molar-refractivity contribution in [3.63, 3.8) is 0 Å². The third-order valence-corrected chi connectivity index (χ3v) is 7.47. The average molecular weight is 533 g/mol. The minimum Gasteiger partial charge on any atom is -0.493 e. The first-order chi connectivity index (χ1) is 18.0. The van der Waals surface area contributed by atoms with Gasteiger partial charge in [0.25, 0.3) is 5.91 Å². The molecular formula is C29H35F3N2O4. The van der Waals surface area contributed by atoms with E-state index < -0.39 is 23.8 Å². The summed E-state index contributed by atoms with van der Waals surface area (Å²) in [7, 11) is 0. The molecule has 2 aromatic rings. The first kappa shape index (κ1) is 28.0. The zero-order valence-corrected chi connectivity index (χ0v) is 22.1. The Morgan fingerprint density at radius 1 is 1.00 bits per heavy atom. The molecule has 2 fully saturated rings. The van der Waals surface area contributed by atoms with E-state index in [-0.39, 0.29) is 12.5 Å². The van der Waals surface area contributed by atoms with Crippen molar-refractivity contribution in [1.29, 1.82) is 0 Å². The molecule has 2 aliphatic rings. The number of para-hydroxylation sites is 1. The fourth-order valence-corrected chi connectivity index (χ4v) is 5.31. The number of aryl methyl sites for hydroxylation is 1. The fraction of sp³-hybridized carbons (Fsp3) is 0.517. The van der Waals surface area contributed by atoms with E-state index in [1.54, 1.807) is 21.9 Å². The Bertz CT molecular complexity index is 1130. The fourth-order valence-electron chi connectivity index (χ4n) is 5.31. The Morgan fingerprint density at radius 3 is 2.26 bits per heavy atom. The largest absolute Gasteiger partial charge is 0.493 e. The Balaban J connectivity index is 1.52. The maximum atomic E-state index is 13.3. The van der Waals surface area contributed by atoms with Crippen molar-refractivity contribution < 1.29 is 32.2 Å². The number of benzene rings is 2. The van der Waals surface area contributed by atoms with Crippen LogP contribution in [-0.2, 0) is 16.1 Å². The third-order valence-electron chi connectivity index (χ3n) is 7.47. The number of nitrogens with zero attached hydrogens (tertiary/aromatic N) is 2. The van der Waals surface area contributed by atoms with Gasteiger partial charge in [0.05, 0.1) is 6.61 Å². The number of halogens is 3. The summed E-state index contributed by atoms with van der Waals surface area (Å²) < 4.78 is 51.0. The molecule has 0 bridgehead atoms. The van der Waals surface area contributed by atoms with Crippen LogP contribution in [0.2, 0.25) is 0 Å². The standard InChI is InChI=1S/C29H35F3N2O4/c1-20(2)19-37-24-7-5-4-6-23(24)18-34-17-14-28(26(34)38-27(36)29(30,31)32)12-15-33(16-13-28)25(35)22-10-8-21(3)9-11-22/h4-11,20,26H,12-19H2,1-3H3. The van der Waals surface area contributed by atoms with Crippen LogP contribution < -0.4 is 4.74 Å². The molecule has 1 unspecified atom stereocenters. The number of piperidine rings is 1. The summed E-state index contributed by atoms with van der Waals surface area (Å²) in [6, 6.07) is 14.8. The van der Waals surface area contributed by atoms with Crippen molar-refractivity contribution >= 4 is 11.9 Å². The lowest BCUT2D eigenvalue weighted by molar-refractivity contribution is -0.220. The van der Waals surface area contributed by atoms with Gasteiger partial charge >= 0.3 is 12.1 Å². The number of likely N-dealkylation sites (tertiary alicyclic amines) is 2. The highest BCUT2D eigenvalue weighted by Crippen LogP contribution is 2.47. The molecule has 9 heteroatoms. The Labute approximate surface area is 221 Å². The van der Waals surface area contributed by atoms with E-state index >= 15 is 0 Å². The van der Waals surface area contributed by atoms with E-state index in [2.05, 4.69) is 0 Å². The molecule has 2 saturated heterocycles. The lowest BCUT2D eigenvalue weighted by atomic mass is 9.76. The Kier molecular flexibility index (Phi) is 8.35. The summed E-state index contributed by atoms with van der Waals surface area (Å²) >= 11 is 0. The lowest BCUT2D eigenvalue weighted by Gasteiger charge is -2.43. The molecule has 38 heavy (non-hydrogen) atoms. The van der Waals surface area contributed by atoms with Gasteiger partial charge in [-0.25, -0.2) is 4.79 Å². The van der Waals surface area contributed by atoms with E-state index in [4.69, 9.17) is 9.47 Å². The van der Waals surface area contributed by atoms with Gasteiger partial charge < -0.3 is 14.4 Å². The zero-order chi connectivity index (χ0) is 27.5. The SMILES string of the molecule is Cc1ccc(C(=O)N2CCC3(CC2)CCN(Cc2ccccc2OCC(C)C)C3OC(=O)C(F)(F)F)cc1. The molecule has 2 heterocycles. The van der Waals surface area contributed by atoms with Crippen molar-refractivity contribution in [3.05, 3.63) is 65.2 Å². The lowest BCUT2D eigenvalue weighted by Crippen LogP contribution is -2.51. The second kappa shape index (κ2) is 11.4. The van der Waals surface area contributed by atoms with Gasteiger partial charge in [0.1, 0.15) is 5.75 Å². The van der Waals surface area contributed by atoms with E-state index in [1.807, 2.05) is 57.2 Å². The van der Waals surface area contributed by atoms with Gasteiger partial charge in [0, 0.05) is 42.7 Å². The smallest absolute Gasteiger partial charge is 0.490 e. The first-order valence-electron chi connectivity index (χ1n) is 13.1. The minimum atomic E-state index is -5.09. The zero-order valence-electron chi connectivity index (χ0n) is 22.1. The van der Waals surface area contributed by atoms with Gasteiger partial charge in [0.15, 0.2) is 6.23 Å². The number of alkyl halides is 3. The number of carbonyl (C=O) groups is 2. The topological polar surface area (TPSA) is 59.1 Å². The second-order valence-corrected chi connectivity index (χ2v) is 10.8. The summed E-state index contributed by atoms with van der Waals surface area (Å²) in [4.78, 5) is 28.6. The highest BCUT2D eigenvalue weighted by atomic mass is 19.4. The summed E-state index contributed by atoms with van der Waals surface area (Å²) in [6.45, 7) is 8.06. The Hall–Kier alpha value is -3.07. The molecule has 4 rings (SSSR count). The number of hydrogen-bond donors (Lipinski definition) is 0. The number of hydrogen-bond acceptors (Lipinski definition) is 5. The normalized spacial score (nSPS) is 19.7. The van der Waals surface area contributed by atoms with Crippen molar-refractivity contribution in [2.45, 2.75) is 59.0 Å². The van der Waals surface area contributed by atoms with Gasteiger partial charge in [-0.1, -0.05) is 49.7 Å². The molecule has 0 aromatic heterocycles. The van der Waals surface area contributed by atoms with E-state index in [0.717, 1.165) is 11.1 Å². The Morgan fingerprint density at radius 2 is 1.63 bits per heavy atom. The third kappa shape index (κ3) is 6.31. The van der Waals surface area contributed by atoms with Crippen molar-refractivity contribution in [1.82, 2.24) is 9.80 Å². The highest BCUT2D eigenvalue weighted by molar-refractivity contribution is 5.94. The molecule has 2 aromatic carbocycles. The molecule has 1 atom stereocenters. The van der Waals surface area contributed by atoms with Gasteiger partial charge in [0.2, 0.25) is 0 Å². The van der Waals surface area contributed by atoms with Crippen molar-refractivity contribution in [3.8, 4) is 5.75 Å². The molecular weight excluding hydrogens is 497 g/mol. The number of carbonyl (C=O) groups excluding carboxylic acids is 2. The number of rotatable bonds is 7. The number of ether oxygens (including phenoxy) is 2. The van der Waals surface area contributed by atoms with Crippen molar-refractivity contribution in [2.75, 3.05) is 26.2 Å². The van der Waals surface area contributed by atoms with Crippen LogP contribution in [0.15, 0.2) is 48.5 Å². The molecule has 6 nitrogen and oxygen atoms in total. The predicted octanol–water partition coefficient (Wildman–Crippen LogP) is 5.59. The molecule has 0 saturated carbocycles. The maximum Gasteiger partial charge on any atom is 0.490 e. The molecule has 0 radical (unpaired) electrons. The first-order valence-corrected chi connectivity index (χ1v) is 13.1. The average Bonchev–Trinajstić information content (AvgIpc) is 3.19. The molecule has 206 valence electrons. The van der Waals surface area contributed by atoms with E-state index in [0.29, 0.717) is 62.7 Å². The maximum absolute atomic E-state index is 13.3. The van der Waals surface area contributed by atoms with Crippen LogP contribution in [0, 0.1) is 18.3 Å². The minimum absolute atomic E-state index is 0.102. The summed E-state index contributed by atoms with van der Waals surface area (Å²) in [5, 5.41) is 0. The molecule has 1 spiro atoms. The molecule has 0 N–H and O–H groups in total. The number of amides is 1. The molecule has 2 aliphatic heterocycles. The highest BCUT2D eigenvalue weighted by Gasteiger charge is 2.54. The number of esters is 1. The molecule has 0 aliphatic carbocycles. The second-order valence-electron chi connectivity index (χ2n) is 10.8. The quantitative estimate of drug-likeness (QED) is 0.435. The van der Waals surface area contributed by atoms with Crippen LogP contribution in [0.5, 0.6) is 5.75 Å².